The van der Waals surface area contributed by atoms with Gasteiger partial charge in [-0.2, -0.15) is 5.10 Å². The van der Waals surface area contributed by atoms with Crippen molar-refractivity contribution in [2.24, 2.45) is 0 Å². The average molecular weight is 239 g/mol. The molecule has 0 aromatic carbocycles. The Kier molecular flexibility index (Phi) is 3.07. The number of aliphatic hydroxyl groups excluding tert-OH is 1. The van der Waals surface area contributed by atoms with E-state index in [0.717, 1.165) is 0 Å². The maximum absolute atomic E-state index is 8.81. The molecule has 2 aromatic heterocycles. The number of nitrogens with two attached hydrogens (primary N) is 1. The van der Waals surface area contributed by atoms with Gasteiger partial charge in [-0.15, -0.1) is 0 Å². The van der Waals surface area contributed by atoms with E-state index in [1.165, 1.54) is 4.68 Å². The van der Waals surface area contributed by atoms with Crippen LogP contribution in [-0.2, 0) is 6.54 Å². The highest BCUT2D eigenvalue weighted by Crippen LogP contribution is 2.19. The van der Waals surface area contributed by atoms with Crippen molar-refractivity contribution >= 4 is 17.4 Å². The van der Waals surface area contributed by atoms with Crippen LogP contribution >= 0.6 is 11.6 Å². The molecule has 0 unspecified atom stereocenters. The van der Waals surface area contributed by atoms with E-state index in [-0.39, 0.29) is 6.61 Å². The molecular weight excluding hydrogens is 228 g/mol. The average Bonchev–Trinajstić information content (AvgIpc) is 2.62. The molecule has 6 heteroatoms. The second kappa shape index (κ2) is 4.51. The first-order valence-electron chi connectivity index (χ1n) is 4.77. The van der Waals surface area contributed by atoms with Crippen LogP contribution in [0.25, 0.3) is 11.4 Å². The van der Waals surface area contributed by atoms with Gasteiger partial charge in [-0.1, -0.05) is 11.6 Å². The molecule has 16 heavy (non-hydrogen) atoms. The lowest BCUT2D eigenvalue weighted by atomic mass is 10.3. The summed E-state index contributed by atoms with van der Waals surface area (Å²) in [6.07, 6.45) is 1.55. The van der Waals surface area contributed by atoms with Gasteiger partial charge in [-0.05, 0) is 12.1 Å². The van der Waals surface area contributed by atoms with E-state index in [9.17, 15) is 0 Å². The van der Waals surface area contributed by atoms with Gasteiger partial charge in [-0.25, -0.2) is 4.68 Å². The summed E-state index contributed by atoms with van der Waals surface area (Å²) in [5.41, 5.74) is 7.10. The summed E-state index contributed by atoms with van der Waals surface area (Å²) >= 11 is 5.74. The number of pyridine rings is 1. The normalized spacial score (nSPS) is 10.6. The molecule has 0 atom stereocenters. The van der Waals surface area contributed by atoms with E-state index < -0.39 is 0 Å². The summed E-state index contributed by atoms with van der Waals surface area (Å²) in [4.78, 5) is 4.14. The molecule has 0 radical (unpaired) electrons. The standard InChI is InChI=1S/C10H11ClN4O/c11-7-1-2-8(13-6-7)9-5-10(12)15(14-9)3-4-16/h1-2,5-6,16H,3-4,12H2. The smallest absolute Gasteiger partial charge is 0.122 e. The van der Waals surface area contributed by atoms with Gasteiger partial charge in [0.15, 0.2) is 0 Å². The molecule has 0 fully saturated rings. The third-order valence-corrected chi connectivity index (χ3v) is 2.34. The zero-order valence-electron chi connectivity index (χ0n) is 8.47. The molecule has 2 aromatic rings. The first-order valence-corrected chi connectivity index (χ1v) is 5.14. The summed E-state index contributed by atoms with van der Waals surface area (Å²) < 4.78 is 1.53. The predicted octanol–water partition coefficient (Wildman–Crippen LogP) is 1.17. The van der Waals surface area contributed by atoms with Gasteiger partial charge in [0.05, 0.1) is 23.9 Å². The fourth-order valence-electron chi connectivity index (χ4n) is 1.36. The van der Waals surface area contributed by atoms with Gasteiger partial charge in [0.25, 0.3) is 0 Å². The minimum Gasteiger partial charge on any atom is -0.394 e. The zero-order valence-corrected chi connectivity index (χ0v) is 9.22. The Hall–Kier alpha value is -1.59. The Morgan fingerprint density at radius 3 is 2.81 bits per heavy atom. The number of halogens is 1. The molecule has 0 amide bonds. The molecule has 2 heterocycles. The van der Waals surface area contributed by atoms with E-state index >= 15 is 0 Å². The number of aliphatic hydroxyl groups is 1. The van der Waals surface area contributed by atoms with Crippen LogP contribution in [0.4, 0.5) is 5.82 Å². The highest BCUT2D eigenvalue weighted by atomic mass is 35.5. The van der Waals surface area contributed by atoms with E-state index in [1.54, 1.807) is 24.4 Å². The molecule has 0 bridgehead atoms. The fraction of sp³-hybridized carbons (Fsp3) is 0.200. The highest BCUT2D eigenvalue weighted by Gasteiger charge is 2.07. The first-order chi connectivity index (χ1) is 7.70. The van der Waals surface area contributed by atoms with E-state index in [4.69, 9.17) is 22.4 Å². The van der Waals surface area contributed by atoms with Gasteiger partial charge >= 0.3 is 0 Å². The number of rotatable bonds is 3. The minimum absolute atomic E-state index is 0.000629. The summed E-state index contributed by atoms with van der Waals surface area (Å²) in [7, 11) is 0. The lowest BCUT2D eigenvalue weighted by Gasteiger charge is -1.99. The Balaban J connectivity index is 2.33. The molecule has 3 N–H and O–H groups in total. The number of hydrogen-bond donors (Lipinski definition) is 2. The second-order valence-corrected chi connectivity index (χ2v) is 3.70. The highest BCUT2D eigenvalue weighted by molar-refractivity contribution is 6.30. The monoisotopic (exact) mass is 238 g/mol. The number of aromatic nitrogens is 3. The van der Waals surface area contributed by atoms with Crippen LogP contribution in [0, 0.1) is 0 Å². The third-order valence-electron chi connectivity index (χ3n) is 2.11. The van der Waals surface area contributed by atoms with Crippen LogP contribution in [0.3, 0.4) is 0 Å². The van der Waals surface area contributed by atoms with Crippen LogP contribution in [0.15, 0.2) is 24.4 Å². The summed E-state index contributed by atoms with van der Waals surface area (Å²) in [6, 6.07) is 5.23. The number of nitrogen functional groups attached to an aromatic ring is 1. The maximum atomic E-state index is 8.81. The fourth-order valence-corrected chi connectivity index (χ4v) is 1.47. The van der Waals surface area contributed by atoms with E-state index in [2.05, 4.69) is 10.1 Å². The molecule has 5 nitrogen and oxygen atoms in total. The van der Waals surface area contributed by atoms with Crippen molar-refractivity contribution in [3.8, 4) is 11.4 Å². The Morgan fingerprint density at radius 1 is 1.38 bits per heavy atom. The number of anilines is 1. The van der Waals surface area contributed by atoms with Gasteiger partial charge in [0, 0.05) is 12.3 Å². The first kappa shape index (κ1) is 10.9. The molecule has 0 aliphatic heterocycles. The van der Waals surface area contributed by atoms with Crippen molar-refractivity contribution in [1.29, 1.82) is 0 Å². The van der Waals surface area contributed by atoms with Crippen molar-refractivity contribution in [2.45, 2.75) is 6.54 Å². The molecule has 0 aliphatic carbocycles. The molecule has 0 saturated carbocycles. The maximum Gasteiger partial charge on any atom is 0.122 e. The van der Waals surface area contributed by atoms with Crippen LogP contribution in [0.5, 0.6) is 0 Å². The number of hydrogen-bond acceptors (Lipinski definition) is 4. The third kappa shape index (κ3) is 2.15. The van der Waals surface area contributed by atoms with Crippen molar-refractivity contribution in [1.82, 2.24) is 14.8 Å². The molecule has 0 aliphatic rings. The van der Waals surface area contributed by atoms with Crippen LogP contribution in [0.2, 0.25) is 5.02 Å². The van der Waals surface area contributed by atoms with Gasteiger partial charge in [-0.3, -0.25) is 4.98 Å². The Morgan fingerprint density at radius 2 is 2.19 bits per heavy atom. The van der Waals surface area contributed by atoms with Crippen molar-refractivity contribution < 1.29 is 5.11 Å². The van der Waals surface area contributed by atoms with Gasteiger partial charge in [0.2, 0.25) is 0 Å². The predicted molar refractivity (Wildman–Crippen MR) is 62.0 cm³/mol. The van der Waals surface area contributed by atoms with Crippen LogP contribution in [0.1, 0.15) is 0 Å². The molecule has 84 valence electrons. The second-order valence-electron chi connectivity index (χ2n) is 3.26. The lowest BCUT2D eigenvalue weighted by Crippen LogP contribution is -2.07. The van der Waals surface area contributed by atoms with Crippen LogP contribution < -0.4 is 5.73 Å². The quantitative estimate of drug-likeness (QED) is 0.842. The minimum atomic E-state index is -0.000629. The topological polar surface area (TPSA) is 77.0 Å². The lowest BCUT2D eigenvalue weighted by molar-refractivity contribution is 0.270. The summed E-state index contributed by atoms with van der Waals surface area (Å²) in [5.74, 6) is 0.501. The zero-order chi connectivity index (χ0) is 11.5. The molecular formula is C10H11ClN4O. The molecule has 0 saturated heterocycles. The van der Waals surface area contributed by atoms with Crippen molar-refractivity contribution in [3.63, 3.8) is 0 Å². The largest absolute Gasteiger partial charge is 0.394 e. The van der Waals surface area contributed by atoms with Crippen molar-refractivity contribution in [3.05, 3.63) is 29.4 Å². The van der Waals surface area contributed by atoms with Crippen molar-refractivity contribution in [2.75, 3.05) is 12.3 Å². The van der Waals surface area contributed by atoms with E-state index in [1.807, 2.05) is 0 Å². The summed E-state index contributed by atoms with van der Waals surface area (Å²) in [6.45, 7) is 0.374. The Bertz CT molecular complexity index is 480. The van der Waals surface area contributed by atoms with Gasteiger partial charge in [0.1, 0.15) is 11.5 Å². The van der Waals surface area contributed by atoms with Crippen LogP contribution in [-0.4, -0.2) is 26.5 Å². The summed E-state index contributed by atoms with van der Waals surface area (Å²) in [5, 5.41) is 13.6. The Labute approximate surface area is 97.5 Å². The van der Waals surface area contributed by atoms with Gasteiger partial charge < -0.3 is 10.8 Å². The molecule has 0 spiro atoms. The SMILES string of the molecule is Nc1cc(-c2ccc(Cl)cn2)nn1CCO. The molecule has 2 rings (SSSR count). The van der Waals surface area contributed by atoms with E-state index in [0.29, 0.717) is 28.8 Å². The number of nitrogens with zero attached hydrogens (tertiary/aromatic N) is 3.